The largest absolute Gasteiger partial charge is 0.132 e. The molecule has 1 aromatic heterocycles. The fourth-order valence-electron chi connectivity index (χ4n) is 0.756. The van der Waals surface area contributed by atoms with E-state index >= 15 is 0 Å². The second kappa shape index (κ2) is 4.37. The van der Waals surface area contributed by atoms with Crippen LogP contribution in [0.5, 0.6) is 0 Å². The molecule has 0 N–H and O–H groups in total. The van der Waals surface area contributed by atoms with Gasteiger partial charge in [-0.2, -0.15) is 0 Å². The van der Waals surface area contributed by atoms with Gasteiger partial charge in [-0.3, -0.25) is 0 Å². The van der Waals surface area contributed by atoms with E-state index in [0.29, 0.717) is 0 Å². The van der Waals surface area contributed by atoms with Crippen molar-refractivity contribution in [1.29, 1.82) is 0 Å². The van der Waals surface area contributed by atoms with E-state index in [9.17, 15) is 0 Å². The van der Waals surface area contributed by atoms with Gasteiger partial charge in [0.1, 0.15) is 0 Å². The predicted molar refractivity (Wildman–Crippen MR) is 51.4 cm³/mol. The fourth-order valence-corrected chi connectivity index (χ4v) is 2.02. The minimum atomic E-state index is 0.945. The van der Waals surface area contributed by atoms with Crippen molar-refractivity contribution in [3.05, 3.63) is 21.3 Å². The van der Waals surface area contributed by atoms with Gasteiger partial charge in [-0.1, -0.05) is 27.5 Å². The number of halogens is 2. The van der Waals surface area contributed by atoms with Gasteiger partial charge in [-0.25, -0.2) is 0 Å². The molecule has 0 nitrogen and oxygen atoms in total. The molecular weight excluding hydrogens is 232 g/mol. The third-order valence-corrected chi connectivity index (χ3v) is 3.08. The Labute approximate surface area is 78.3 Å². The standard InChI is InChI=1S/C7H8BrClS/c8-4-1-2-6-3-5-10-7(6)9/h3,5H,1-2,4H2. The molecule has 0 saturated carbocycles. The van der Waals surface area contributed by atoms with Crippen molar-refractivity contribution in [2.45, 2.75) is 12.8 Å². The summed E-state index contributed by atoms with van der Waals surface area (Å²) in [4.78, 5) is 0. The van der Waals surface area contributed by atoms with Crippen LogP contribution in [0, 0.1) is 0 Å². The van der Waals surface area contributed by atoms with E-state index in [1.54, 1.807) is 11.3 Å². The summed E-state index contributed by atoms with van der Waals surface area (Å²) in [7, 11) is 0. The van der Waals surface area contributed by atoms with Crippen molar-refractivity contribution >= 4 is 38.9 Å². The predicted octanol–water partition coefficient (Wildman–Crippen LogP) is 3.73. The van der Waals surface area contributed by atoms with Gasteiger partial charge in [0.25, 0.3) is 0 Å². The first-order valence-corrected chi connectivity index (χ1v) is 5.50. The van der Waals surface area contributed by atoms with Gasteiger partial charge in [0, 0.05) is 5.33 Å². The van der Waals surface area contributed by atoms with Crippen LogP contribution >= 0.6 is 38.9 Å². The molecule has 0 aliphatic rings. The van der Waals surface area contributed by atoms with Gasteiger partial charge in [0.2, 0.25) is 0 Å². The van der Waals surface area contributed by atoms with Crippen molar-refractivity contribution in [2.75, 3.05) is 5.33 Å². The van der Waals surface area contributed by atoms with Crippen LogP contribution in [0.3, 0.4) is 0 Å². The number of aryl methyl sites for hydroxylation is 1. The smallest absolute Gasteiger partial charge is 0.0960 e. The van der Waals surface area contributed by atoms with Gasteiger partial charge in [0.05, 0.1) is 4.34 Å². The normalized spacial score (nSPS) is 10.2. The number of hydrogen-bond acceptors (Lipinski definition) is 1. The summed E-state index contributed by atoms with van der Waals surface area (Å²) in [5, 5.41) is 3.09. The van der Waals surface area contributed by atoms with Gasteiger partial charge in [-0.15, -0.1) is 11.3 Å². The second-order valence-corrected chi connectivity index (χ2v) is 4.32. The van der Waals surface area contributed by atoms with Crippen LogP contribution in [0.15, 0.2) is 11.4 Å². The molecule has 1 aromatic rings. The first kappa shape index (κ1) is 8.57. The van der Waals surface area contributed by atoms with E-state index in [0.717, 1.165) is 22.5 Å². The lowest BCUT2D eigenvalue weighted by atomic mass is 10.2. The molecule has 0 atom stereocenters. The molecule has 0 saturated heterocycles. The summed E-state index contributed by atoms with van der Waals surface area (Å²) in [6, 6.07) is 2.09. The maximum absolute atomic E-state index is 5.88. The molecule has 0 fully saturated rings. The lowest BCUT2D eigenvalue weighted by molar-refractivity contribution is 0.945. The molecule has 0 aromatic carbocycles. The maximum atomic E-state index is 5.88. The van der Waals surface area contributed by atoms with E-state index in [4.69, 9.17) is 11.6 Å². The molecule has 3 heteroatoms. The molecule has 0 unspecified atom stereocenters. The Bertz CT molecular complexity index is 197. The maximum Gasteiger partial charge on any atom is 0.0960 e. The third-order valence-electron chi connectivity index (χ3n) is 1.27. The molecule has 0 amide bonds. The number of hydrogen-bond donors (Lipinski definition) is 0. The minimum absolute atomic E-state index is 0.945. The van der Waals surface area contributed by atoms with Crippen LogP contribution in [0.2, 0.25) is 4.34 Å². The molecular formula is C7H8BrClS. The van der Waals surface area contributed by atoms with Crippen molar-refractivity contribution in [1.82, 2.24) is 0 Å². The first-order valence-electron chi connectivity index (χ1n) is 3.12. The topological polar surface area (TPSA) is 0 Å². The van der Waals surface area contributed by atoms with Crippen LogP contribution in [0.25, 0.3) is 0 Å². The molecule has 0 spiro atoms. The van der Waals surface area contributed by atoms with Gasteiger partial charge in [0.15, 0.2) is 0 Å². The summed E-state index contributed by atoms with van der Waals surface area (Å²) < 4.78 is 0.945. The lowest BCUT2D eigenvalue weighted by Gasteiger charge is -1.93. The van der Waals surface area contributed by atoms with Gasteiger partial charge in [-0.05, 0) is 29.9 Å². The monoisotopic (exact) mass is 238 g/mol. The van der Waals surface area contributed by atoms with E-state index in [-0.39, 0.29) is 0 Å². The SMILES string of the molecule is Clc1sccc1CCCBr. The molecule has 10 heavy (non-hydrogen) atoms. The fraction of sp³-hybridized carbons (Fsp3) is 0.429. The van der Waals surface area contributed by atoms with E-state index < -0.39 is 0 Å². The number of alkyl halides is 1. The number of thiophene rings is 1. The Kier molecular flexibility index (Phi) is 3.74. The zero-order chi connectivity index (χ0) is 7.40. The van der Waals surface area contributed by atoms with Crippen LogP contribution in [-0.2, 0) is 6.42 Å². The van der Waals surface area contributed by atoms with Gasteiger partial charge < -0.3 is 0 Å². The Balaban J connectivity index is 2.49. The lowest BCUT2D eigenvalue weighted by Crippen LogP contribution is -1.82. The Morgan fingerprint density at radius 3 is 2.90 bits per heavy atom. The van der Waals surface area contributed by atoms with E-state index in [2.05, 4.69) is 22.0 Å². The van der Waals surface area contributed by atoms with Crippen molar-refractivity contribution in [3.8, 4) is 0 Å². The highest BCUT2D eigenvalue weighted by Gasteiger charge is 1.98. The summed E-state index contributed by atoms with van der Waals surface area (Å²) in [5.74, 6) is 0. The highest BCUT2D eigenvalue weighted by atomic mass is 79.9. The summed E-state index contributed by atoms with van der Waals surface area (Å²) >= 11 is 10.9. The summed E-state index contributed by atoms with van der Waals surface area (Å²) in [6.45, 7) is 0. The van der Waals surface area contributed by atoms with Crippen molar-refractivity contribution in [2.24, 2.45) is 0 Å². The average molecular weight is 240 g/mol. The molecule has 0 aliphatic heterocycles. The van der Waals surface area contributed by atoms with Crippen LogP contribution in [0.1, 0.15) is 12.0 Å². The molecule has 0 radical (unpaired) electrons. The minimum Gasteiger partial charge on any atom is -0.132 e. The van der Waals surface area contributed by atoms with Crippen LogP contribution in [-0.4, -0.2) is 5.33 Å². The Hall–Kier alpha value is 0.470. The van der Waals surface area contributed by atoms with Crippen molar-refractivity contribution in [3.63, 3.8) is 0 Å². The Morgan fingerprint density at radius 2 is 2.40 bits per heavy atom. The Morgan fingerprint density at radius 1 is 1.60 bits per heavy atom. The molecule has 1 rings (SSSR count). The average Bonchev–Trinajstić information content (AvgIpc) is 2.31. The highest BCUT2D eigenvalue weighted by Crippen LogP contribution is 2.23. The van der Waals surface area contributed by atoms with Crippen molar-refractivity contribution < 1.29 is 0 Å². The van der Waals surface area contributed by atoms with E-state index in [1.807, 2.05) is 5.38 Å². The summed E-state index contributed by atoms with van der Waals surface area (Å²) in [5.41, 5.74) is 1.28. The van der Waals surface area contributed by atoms with Crippen LogP contribution < -0.4 is 0 Å². The second-order valence-electron chi connectivity index (χ2n) is 2.01. The molecule has 0 aliphatic carbocycles. The highest BCUT2D eigenvalue weighted by molar-refractivity contribution is 9.09. The zero-order valence-electron chi connectivity index (χ0n) is 5.44. The van der Waals surface area contributed by atoms with Gasteiger partial charge >= 0.3 is 0 Å². The molecule has 56 valence electrons. The van der Waals surface area contributed by atoms with Crippen LogP contribution in [0.4, 0.5) is 0 Å². The molecule has 0 bridgehead atoms. The third kappa shape index (κ3) is 2.26. The summed E-state index contributed by atoms with van der Waals surface area (Å²) in [6.07, 6.45) is 2.25. The molecule has 1 heterocycles. The zero-order valence-corrected chi connectivity index (χ0v) is 8.60. The van der Waals surface area contributed by atoms with E-state index in [1.165, 1.54) is 5.56 Å². The first-order chi connectivity index (χ1) is 4.84. The number of rotatable bonds is 3. The quantitative estimate of drug-likeness (QED) is 0.705.